The number of aromatic nitrogens is 1. The number of carbonyl (C=O) groups excluding carboxylic acids is 1. The van der Waals surface area contributed by atoms with Gasteiger partial charge in [0.15, 0.2) is 0 Å². The van der Waals surface area contributed by atoms with Gasteiger partial charge in [-0.2, -0.15) is 0 Å². The molecule has 1 atom stereocenters. The Morgan fingerprint density at radius 1 is 1.41 bits per heavy atom. The van der Waals surface area contributed by atoms with Crippen LogP contribution >= 0.6 is 11.3 Å². The predicted octanol–water partition coefficient (Wildman–Crippen LogP) is 2.81. The molecule has 4 nitrogen and oxygen atoms in total. The summed E-state index contributed by atoms with van der Waals surface area (Å²) in [6.45, 7) is 3.96. The van der Waals surface area contributed by atoms with E-state index >= 15 is 0 Å². The topological polar surface area (TPSA) is 51.2 Å². The molecular weight excluding hydrogens is 296 g/mol. The SMILES string of the molecule is Cc1ccc(-c2nc(CCNC(=O)[C@H]3CCOC3)cs2)cc1. The highest BCUT2D eigenvalue weighted by molar-refractivity contribution is 7.13. The maximum atomic E-state index is 11.9. The molecule has 1 amide bonds. The van der Waals surface area contributed by atoms with Crippen LogP contribution in [0.15, 0.2) is 29.6 Å². The van der Waals surface area contributed by atoms with Crippen molar-refractivity contribution in [2.75, 3.05) is 19.8 Å². The van der Waals surface area contributed by atoms with Gasteiger partial charge in [-0.05, 0) is 13.3 Å². The first-order chi connectivity index (χ1) is 10.7. The van der Waals surface area contributed by atoms with Gasteiger partial charge < -0.3 is 10.1 Å². The first kappa shape index (κ1) is 15.2. The van der Waals surface area contributed by atoms with Gasteiger partial charge in [0.05, 0.1) is 18.2 Å². The molecule has 1 aliphatic heterocycles. The highest BCUT2D eigenvalue weighted by Gasteiger charge is 2.22. The fraction of sp³-hybridized carbons (Fsp3) is 0.412. The molecule has 116 valence electrons. The monoisotopic (exact) mass is 316 g/mol. The third-order valence-corrected chi connectivity index (χ3v) is 4.77. The van der Waals surface area contributed by atoms with Crippen LogP contribution in [0, 0.1) is 12.8 Å². The summed E-state index contributed by atoms with van der Waals surface area (Å²) >= 11 is 1.65. The summed E-state index contributed by atoms with van der Waals surface area (Å²) in [6.07, 6.45) is 1.60. The van der Waals surface area contributed by atoms with E-state index in [-0.39, 0.29) is 11.8 Å². The van der Waals surface area contributed by atoms with E-state index in [1.54, 1.807) is 11.3 Å². The number of rotatable bonds is 5. The Bertz CT molecular complexity index is 630. The fourth-order valence-corrected chi connectivity index (χ4v) is 3.31. The van der Waals surface area contributed by atoms with Crippen LogP contribution in [0.3, 0.4) is 0 Å². The summed E-state index contributed by atoms with van der Waals surface area (Å²) in [4.78, 5) is 16.5. The molecule has 3 rings (SSSR count). The van der Waals surface area contributed by atoms with E-state index in [4.69, 9.17) is 4.74 Å². The van der Waals surface area contributed by atoms with E-state index in [1.165, 1.54) is 5.56 Å². The second-order valence-electron chi connectivity index (χ2n) is 5.61. The van der Waals surface area contributed by atoms with Crippen LogP contribution < -0.4 is 5.32 Å². The van der Waals surface area contributed by atoms with Crippen LogP contribution in [-0.2, 0) is 16.0 Å². The fourth-order valence-electron chi connectivity index (χ4n) is 2.45. The van der Waals surface area contributed by atoms with Crippen molar-refractivity contribution in [1.29, 1.82) is 0 Å². The van der Waals surface area contributed by atoms with E-state index in [2.05, 4.69) is 46.9 Å². The second kappa shape index (κ2) is 7.03. The Labute approximate surface area is 134 Å². The van der Waals surface area contributed by atoms with Crippen molar-refractivity contribution < 1.29 is 9.53 Å². The van der Waals surface area contributed by atoms with Crippen molar-refractivity contribution in [3.63, 3.8) is 0 Å². The quantitative estimate of drug-likeness (QED) is 0.923. The number of nitrogens with zero attached hydrogens (tertiary/aromatic N) is 1. The van der Waals surface area contributed by atoms with E-state index in [0.717, 1.165) is 29.1 Å². The van der Waals surface area contributed by atoms with Gasteiger partial charge in [-0.25, -0.2) is 4.98 Å². The van der Waals surface area contributed by atoms with Gasteiger partial charge in [0.25, 0.3) is 0 Å². The molecule has 1 aromatic heterocycles. The van der Waals surface area contributed by atoms with Crippen LogP contribution in [0.25, 0.3) is 10.6 Å². The molecule has 0 unspecified atom stereocenters. The van der Waals surface area contributed by atoms with Crippen LogP contribution in [0.4, 0.5) is 0 Å². The normalized spacial score (nSPS) is 17.6. The Morgan fingerprint density at radius 3 is 2.95 bits per heavy atom. The number of thiazole rings is 1. The molecule has 0 bridgehead atoms. The van der Waals surface area contributed by atoms with Gasteiger partial charge in [-0.3, -0.25) is 4.79 Å². The number of ether oxygens (including phenoxy) is 1. The molecule has 0 radical (unpaired) electrons. The van der Waals surface area contributed by atoms with Crippen molar-refractivity contribution >= 4 is 17.2 Å². The lowest BCUT2D eigenvalue weighted by molar-refractivity contribution is -0.124. The summed E-state index contributed by atoms with van der Waals surface area (Å²) in [5.74, 6) is 0.130. The zero-order valence-corrected chi connectivity index (χ0v) is 13.5. The van der Waals surface area contributed by atoms with Crippen LogP contribution in [-0.4, -0.2) is 30.6 Å². The molecule has 0 spiro atoms. The highest BCUT2D eigenvalue weighted by Crippen LogP contribution is 2.24. The molecule has 0 saturated carbocycles. The van der Waals surface area contributed by atoms with Crippen molar-refractivity contribution in [3.05, 3.63) is 40.9 Å². The number of carbonyl (C=O) groups is 1. The van der Waals surface area contributed by atoms with Crippen LogP contribution in [0.1, 0.15) is 17.7 Å². The van der Waals surface area contributed by atoms with Crippen molar-refractivity contribution in [2.45, 2.75) is 19.8 Å². The minimum Gasteiger partial charge on any atom is -0.381 e. The maximum absolute atomic E-state index is 11.9. The van der Waals surface area contributed by atoms with Crippen LogP contribution in [0.5, 0.6) is 0 Å². The van der Waals surface area contributed by atoms with Gasteiger partial charge >= 0.3 is 0 Å². The number of amides is 1. The highest BCUT2D eigenvalue weighted by atomic mass is 32.1. The third kappa shape index (κ3) is 3.72. The standard InChI is InChI=1S/C17H20N2O2S/c1-12-2-4-13(5-3-12)17-19-15(11-22-17)6-8-18-16(20)14-7-9-21-10-14/h2-5,11,14H,6-10H2,1H3,(H,18,20)/t14-/m0/s1. The van der Waals surface area contributed by atoms with Gasteiger partial charge in [-0.1, -0.05) is 29.8 Å². The molecule has 1 saturated heterocycles. The van der Waals surface area contributed by atoms with Crippen molar-refractivity contribution in [3.8, 4) is 10.6 Å². The summed E-state index contributed by atoms with van der Waals surface area (Å²) in [7, 11) is 0. The summed E-state index contributed by atoms with van der Waals surface area (Å²) < 4.78 is 5.23. The van der Waals surface area contributed by atoms with E-state index in [1.807, 2.05) is 0 Å². The molecule has 2 heterocycles. The molecule has 0 aliphatic carbocycles. The molecule has 5 heteroatoms. The molecule has 1 fully saturated rings. The van der Waals surface area contributed by atoms with Crippen molar-refractivity contribution in [2.24, 2.45) is 5.92 Å². The Morgan fingerprint density at radius 2 is 2.23 bits per heavy atom. The molecular formula is C17H20N2O2S. The zero-order valence-electron chi connectivity index (χ0n) is 12.7. The number of hydrogen-bond acceptors (Lipinski definition) is 4. The van der Waals surface area contributed by atoms with E-state index < -0.39 is 0 Å². The summed E-state index contributed by atoms with van der Waals surface area (Å²) in [6, 6.07) is 8.39. The van der Waals surface area contributed by atoms with Gasteiger partial charge in [-0.15, -0.1) is 11.3 Å². The van der Waals surface area contributed by atoms with E-state index in [9.17, 15) is 4.79 Å². The van der Waals surface area contributed by atoms with Gasteiger partial charge in [0.2, 0.25) is 5.91 Å². The molecule has 1 aliphatic rings. The van der Waals surface area contributed by atoms with E-state index in [0.29, 0.717) is 19.8 Å². The largest absolute Gasteiger partial charge is 0.381 e. The number of hydrogen-bond donors (Lipinski definition) is 1. The number of nitrogens with one attached hydrogen (secondary N) is 1. The lowest BCUT2D eigenvalue weighted by Gasteiger charge is -2.08. The summed E-state index contributed by atoms with van der Waals surface area (Å²) in [5, 5.41) is 6.08. The Kier molecular flexibility index (Phi) is 4.85. The molecule has 1 N–H and O–H groups in total. The average molecular weight is 316 g/mol. The Hall–Kier alpha value is -1.72. The second-order valence-corrected chi connectivity index (χ2v) is 6.47. The van der Waals surface area contributed by atoms with Crippen LogP contribution in [0.2, 0.25) is 0 Å². The third-order valence-electron chi connectivity index (χ3n) is 3.83. The predicted molar refractivity (Wildman–Crippen MR) is 87.9 cm³/mol. The minimum atomic E-state index is 0.0264. The zero-order chi connectivity index (χ0) is 15.4. The molecule has 2 aromatic rings. The van der Waals surface area contributed by atoms with Gasteiger partial charge in [0, 0.05) is 30.5 Å². The average Bonchev–Trinajstić information content (AvgIpc) is 3.19. The maximum Gasteiger partial charge on any atom is 0.225 e. The van der Waals surface area contributed by atoms with Gasteiger partial charge in [0.1, 0.15) is 5.01 Å². The Balaban J connectivity index is 1.51. The van der Waals surface area contributed by atoms with Crippen molar-refractivity contribution in [1.82, 2.24) is 10.3 Å². The lowest BCUT2D eigenvalue weighted by Crippen LogP contribution is -2.32. The lowest BCUT2D eigenvalue weighted by atomic mass is 10.1. The number of benzene rings is 1. The smallest absolute Gasteiger partial charge is 0.225 e. The molecule has 1 aromatic carbocycles. The first-order valence-corrected chi connectivity index (χ1v) is 8.47. The molecule has 22 heavy (non-hydrogen) atoms. The number of aryl methyl sites for hydroxylation is 1. The minimum absolute atomic E-state index is 0.0264. The first-order valence-electron chi connectivity index (χ1n) is 7.59. The summed E-state index contributed by atoms with van der Waals surface area (Å²) in [5.41, 5.74) is 3.43.